The molecule has 0 heterocycles. The summed E-state index contributed by atoms with van der Waals surface area (Å²) in [7, 11) is 0. The van der Waals surface area contributed by atoms with Crippen molar-refractivity contribution in [1.29, 1.82) is 0 Å². The zero-order chi connectivity index (χ0) is 18.7. The molecule has 0 aromatic heterocycles. The molecule has 4 bridgehead atoms. The van der Waals surface area contributed by atoms with Crippen molar-refractivity contribution in [3.63, 3.8) is 0 Å². The molecule has 4 aliphatic carbocycles. The number of nitrogens with zero attached hydrogens (tertiary/aromatic N) is 1. The van der Waals surface area contributed by atoms with E-state index in [1.54, 1.807) is 12.1 Å². The van der Waals surface area contributed by atoms with E-state index in [0.717, 1.165) is 24.8 Å². The van der Waals surface area contributed by atoms with Crippen LogP contribution in [-0.2, 0) is 4.79 Å². The molecule has 5 heteroatoms. The van der Waals surface area contributed by atoms with Gasteiger partial charge in [0.15, 0.2) is 0 Å². The van der Waals surface area contributed by atoms with Crippen LogP contribution < -0.4 is 5.32 Å². The number of hydrogen-bond donors (Lipinski definition) is 1. The molecule has 0 spiro atoms. The van der Waals surface area contributed by atoms with E-state index in [1.807, 2.05) is 13.0 Å². The Balaban J connectivity index is 1.55. The van der Waals surface area contributed by atoms with Crippen molar-refractivity contribution in [2.75, 3.05) is 0 Å². The number of non-ortho nitro benzene ring substituents is 1. The molecule has 5 rings (SSSR count). The van der Waals surface area contributed by atoms with Crippen molar-refractivity contribution in [2.24, 2.45) is 22.2 Å². The molecule has 1 aromatic rings. The van der Waals surface area contributed by atoms with E-state index >= 15 is 0 Å². The number of rotatable bonds is 4. The van der Waals surface area contributed by atoms with Crippen LogP contribution in [0.5, 0.6) is 0 Å². The zero-order valence-corrected chi connectivity index (χ0v) is 15.9. The number of nitrogens with one attached hydrogen (secondary N) is 1. The SMILES string of the molecule is CC(NC(=O)C12CC3CC(C)(CC(C)(C3)C1)C2)c1cccc([N+](=O)[O-])c1. The van der Waals surface area contributed by atoms with Crippen LogP contribution in [0.15, 0.2) is 24.3 Å². The molecule has 1 amide bonds. The third-order valence-corrected chi connectivity index (χ3v) is 7.04. The molecule has 4 aliphatic rings. The summed E-state index contributed by atoms with van der Waals surface area (Å²) >= 11 is 0. The summed E-state index contributed by atoms with van der Waals surface area (Å²) in [4.78, 5) is 24.0. The lowest BCUT2D eigenvalue weighted by Gasteiger charge is -2.64. The van der Waals surface area contributed by atoms with Gasteiger partial charge in [0.05, 0.1) is 16.4 Å². The van der Waals surface area contributed by atoms with Gasteiger partial charge in [-0.2, -0.15) is 0 Å². The molecule has 3 unspecified atom stereocenters. The highest BCUT2D eigenvalue weighted by Crippen LogP contribution is 2.69. The van der Waals surface area contributed by atoms with Gasteiger partial charge in [-0.1, -0.05) is 26.0 Å². The lowest BCUT2D eigenvalue weighted by Crippen LogP contribution is -2.60. The van der Waals surface area contributed by atoms with Crippen LogP contribution in [0.2, 0.25) is 0 Å². The van der Waals surface area contributed by atoms with E-state index in [-0.39, 0.29) is 23.1 Å². The second kappa shape index (κ2) is 5.54. The Bertz CT molecular complexity index is 756. The van der Waals surface area contributed by atoms with Crippen molar-refractivity contribution in [3.8, 4) is 0 Å². The summed E-state index contributed by atoms with van der Waals surface area (Å²) in [6, 6.07) is 6.35. The van der Waals surface area contributed by atoms with Crippen molar-refractivity contribution in [2.45, 2.75) is 65.3 Å². The van der Waals surface area contributed by atoms with Gasteiger partial charge in [-0.05, 0) is 67.8 Å². The number of nitro benzene ring substituents is 1. The van der Waals surface area contributed by atoms with Crippen LogP contribution in [-0.4, -0.2) is 10.8 Å². The quantitative estimate of drug-likeness (QED) is 0.624. The van der Waals surface area contributed by atoms with Crippen LogP contribution in [0.4, 0.5) is 5.69 Å². The lowest BCUT2D eigenvalue weighted by molar-refractivity contribution is -0.384. The molecule has 26 heavy (non-hydrogen) atoms. The normalized spacial score (nSPS) is 38.8. The predicted octanol–water partition coefficient (Wildman–Crippen LogP) is 4.77. The van der Waals surface area contributed by atoms with Gasteiger partial charge in [-0.3, -0.25) is 14.9 Å². The third kappa shape index (κ3) is 2.81. The molecule has 5 nitrogen and oxygen atoms in total. The maximum absolute atomic E-state index is 13.3. The van der Waals surface area contributed by atoms with Crippen molar-refractivity contribution in [1.82, 2.24) is 5.32 Å². The Morgan fingerprint density at radius 1 is 1.19 bits per heavy atom. The van der Waals surface area contributed by atoms with E-state index in [0.29, 0.717) is 16.7 Å². The minimum Gasteiger partial charge on any atom is -0.349 e. The van der Waals surface area contributed by atoms with Crippen LogP contribution in [0.3, 0.4) is 0 Å². The predicted molar refractivity (Wildman–Crippen MR) is 99.5 cm³/mol. The standard InChI is InChI=1S/C21H28N2O3/c1-14(16-5-4-6-17(7-16)23(25)26)22-18(24)21-10-15-8-19(2,12-21)11-20(3,9-15)13-21/h4-7,14-15H,8-13H2,1-3H3,(H,22,24). The van der Waals surface area contributed by atoms with Crippen LogP contribution >= 0.6 is 0 Å². The highest BCUT2D eigenvalue weighted by molar-refractivity contribution is 5.83. The highest BCUT2D eigenvalue weighted by atomic mass is 16.6. The largest absolute Gasteiger partial charge is 0.349 e. The van der Waals surface area contributed by atoms with E-state index in [1.165, 1.54) is 25.3 Å². The molecule has 1 N–H and O–H groups in total. The number of benzene rings is 1. The fourth-order valence-corrected chi connectivity index (χ4v) is 7.04. The van der Waals surface area contributed by atoms with Gasteiger partial charge in [-0.15, -0.1) is 0 Å². The van der Waals surface area contributed by atoms with Gasteiger partial charge < -0.3 is 5.32 Å². The first-order valence-electron chi connectivity index (χ1n) is 9.68. The van der Waals surface area contributed by atoms with Crippen LogP contribution in [0.25, 0.3) is 0 Å². The van der Waals surface area contributed by atoms with Gasteiger partial charge in [0.25, 0.3) is 5.69 Å². The Kier molecular flexibility index (Phi) is 3.73. The van der Waals surface area contributed by atoms with Gasteiger partial charge in [0, 0.05) is 12.1 Å². The molecule has 4 saturated carbocycles. The van der Waals surface area contributed by atoms with E-state index in [2.05, 4.69) is 19.2 Å². The molecular formula is C21H28N2O3. The maximum Gasteiger partial charge on any atom is 0.269 e. The molecule has 1 aromatic carbocycles. The Morgan fingerprint density at radius 2 is 1.85 bits per heavy atom. The number of carbonyl (C=O) groups excluding carboxylic acids is 1. The van der Waals surface area contributed by atoms with E-state index < -0.39 is 4.92 Å². The number of carbonyl (C=O) groups is 1. The van der Waals surface area contributed by atoms with E-state index in [9.17, 15) is 14.9 Å². The number of hydrogen-bond acceptors (Lipinski definition) is 3. The minimum absolute atomic E-state index is 0.0680. The summed E-state index contributed by atoms with van der Waals surface area (Å²) < 4.78 is 0. The fraction of sp³-hybridized carbons (Fsp3) is 0.667. The van der Waals surface area contributed by atoms with Gasteiger partial charge in [-0.25, -0.2) is 0 Å². The molecular weight excluding hydrogens is 328 g/mol. The molecule has 0 aliphatic heterocycles. The van der Waals surface area contributed by atoms with Gasteiger partial charge in [0.2, 0.25) is 5.91 Å². The number of amides is 1. The fourth-order valence-electron chi connectivity index (χ4n) is 7.04. The van der Waals surface area contributed by atoms with Crippen molar-refractivity contribution >= 4 is 11.6 Å². The molecule has 3 atom stereocenters. The average Bonchev–Trinajstić information content (AvgIpc) is 2.51. The second-order valence-electron chi connectivity index (χ2n) is 9.96. The third-order valence-electron chi connectivity index (χ3n) is 7.04. The maximum atomic E-state index is 13.3. The number of nitro groups is 1. The van der Waals surface area contributed by atoms with Crippen LogP contribution in [0.1, 0.15) is 70.9 Å². The second-order valence-corrected chi connectivity index (χ2v) is 9.96. The minimum atomic E-state index is -0.390. The average molecular weight is 356 g/mol. The zero-order valence-electron chi connectivity index (χ0n) is 15.9. The first-order chi connectivity index (χ1) is 12.1. The summed E-state index contributed by atoms with van der Waals surface area (Å²) in [6.45, 7) is 6.64. The Labute approximate surface area is 154 Å². The summed E-state index contributed by atoms with van der Waals surface area (Å²) in [6.07, 6.45) is 6.74. The van der Waals surface area contributed by atoms with Gasteiger partial charge in [0.1, 0.15) is 0 Å². The summed E-state index contributed by atoms with van der Waals surface area (Å²) in [5.74, 6) is 0.818. The lowest BCUT2D eigenvalue weighted by atomic mass is 9.40. The summed E-state index contributed by atoms with van der Waals surface area (Å²) in [5, 5.41) is 14.2. The monoisotopic (exact) mass is 356 g/mol. The topological polar surface area (TPSA) is 72.2 Å². The van der Waals surface area contributed by atoms with Crippen molar-refractivity contribution in [3.05, 3.63) is 39.9 Å². The molecule has 0 radical (unpaired) electrons. The summed E-state index contributed by atoms with van der Waals surface area (Å²) in [5.41, 5.74) is 1.19. The first-order valence-corrected chi connectivity index (χ1v) is 9.68. The van der Waals surface area contributed by atoms with Gasteiger partial charge >= 0.3 is 0 Å². The smallest absolute Gasteiger partial charge is 0.269 e. The molecule has 4 fully saturated rings. The molecule has 0 saturated heterocycles. The Hall–Kier alpha value is -1.91. The molecule has 140 valence electrons. The van der Waals surface area contributed by atoms with E-state index in [4.69, 9.17) is 0 Å². The highest BCUT2D eigenvalue weighted by Gasteiger charge is 2.62. The van der Waals surface area contributed by atoms with Crippen LogP contribution in [0, 0.1) is 32.3 Å². The Morgan fingerprint density at radius 3 is 2.42 bits per heavy atom. The first kappa shape index (κ1) is 17.5. The van der Waals surface area contributed by atoms with Crippen molar-refractivity contribution < 1.29 is 9.72 Å².